The molecule has 22 rings (SSSR count). The van der Waals surface area contributed by atoms with Crippen molar-refractivity contribution in [3.05, 3.63) is 486 Å². The second-order valence-corrected chi connectivity index (χ2v) is 29.0. The molecule has 0 radical (unpaired) electrons. The van der Waals surface area contributed by atoms with Gasteiger partial charge in [-0.15, -0.1) is 0 Å². The number of hydrogen-bond acceptors (Lipinski definition) is 4. The van der Waals surface area contributed by atoms with Crippen molar-refractivity contribution in [1.82, 2.24) is 0 Å². The van der Waals surface area contributed by atoms with Crippen molar-refractivity contribution in [2.24, 2.45) is 0 Å². The number of benzene rings is 18. The normalized spacial score (nSPS) is 12.9. The van der Waals surface area contributed by atoms with Crippen LogP contribution >= 0.6 is 11.6 Å². The van der Waals surface area contributed by atoms with Gasteiger partial charge < -0.3 is 20.0 Å². The van der Waals surface area contributed by atoms with Crippen molar-refractivity contribution in [3.63, 3.8) is 0 Å². The molecule has 1 N–H and O–H groups in total. The third kappa shape index (κ3) is 11.0. The number of nitrogens with one attached hydrogen (secondary N) is 1. The van der Waals surface area contributed by atoms with E-state index in [-0.39, 0.29) is 7.43 Å². The van der Waals surface area contributed by atoms with Crippen LogP contribution in [0.4, 0.5) is 62.6 Å². The first-order valence-corrected chi connectivity index (χ1v) is 38.5. The van der Waals surface area contributed by atoms with Gasteiger partial charge in [0.1, 0.15) is 0 Å². The molecule has 0 amide bonds. The van der Waals surface area contributed by atoms with Crippen LogP contribution in [0.1, 0.15) is 51.9 Å². The standard InChI is InChI=1S/C53H36N2.C41H26ClN.C12H11N.CH4/c1-4-19-37(20-5-1)54(38-21-6-2-7-22-38)49-36-35-41(40-25-10-11-26-42(40)49)43-28-18-32-48-52(43)44-27-12-13-29-45(44)53(48)46-30-14-16-33-50(46)55(39-23-8-3-9-24-39)51-34-17-15-31-47(51)53;42-37-26-25-29(28-15-4-5-16-30(28)37)31-18-12-22-36-40(31)32-17-6-7-19-33(32)41(36)34-20-8-10-23-38(34)43(27-13-2-1-3-14-27)39-24-11-9-21-35(39)41;1-3-7-11(8-4-1)13-12-9-5-2-6-10-12;/h1-36H;1-26H;1-10,13H;1H4. The first kappa shape index (κ1) is 68.5. The molecule has 112 heavy (non-hydrogen) atoms. The fraction of sp³-hybridized carbons (Fsp3) is 0.0280. The molecule has 18 aromatic rings. The highest BCUT2D eigenvalue weighted by atomic mass is 35.5. The molecule has 0 unspecified atom stereocenters. The molecule has 0 saturated carbocycles. The highest BCUT2D eigenvalue weighted by Crippen LogP contribution is 2.67. The smallest absolute Gasteiger partial charge is 0.0754 e. The average molecular weight is 1450 g/mol. The fourth-order valence-electron chi connectivity index (χ4n) is 18.5. The van der Waals surface area contributed by atoms with E-state index in [0.29, 0.717) is 0 Å². The van der Waals surface area contributed by atoms with E-state index in [1.807, 2.05) is 66.7 Å². The van der Waals surface area contributed by atoms with Crippen LogP contribution in [0.2, 0.25) is 5.02 Å². The van der Waals surface area contributed by atoms with Gasteiger partial charge in [0, 0.05) is 49.9 Å². The van der Waals surface area contributed by atoms with Crippen LogP contribution in [0.25, 0.3) is 66.1 Å². The van der Waals surface area contributed by atoms with E-state index in [1.165, 1.54) is 128 Å². The minimum absolute atomic E-state index is 0. The average Bonchev–Trinajstić information content (AvgIpc) is 1.48. The molecule has 0 fully saturated rings. The summed E-state index contributed by atoms with van der Waals surface area (Å²) in [5, 5.41) is 8.76. The Labute approximate surface area is 660 Å². The summed E-state index contributed by atoms with van der Waals surface area (Å²) in [6, 6.07) is 157. The summed E-state index contributed by atoms with van der Waals surface area (Å²) < 4.78 is 0. The molecule has 2 heterocycles. The zero-order chi connectivity index (χ0) is 73.8. The largest absolute Gasteiger partial charge is 0.356 e. The SMILES string of the molecule is C.Clc1ccc(-c2cccc3c2-c2ccccc2C32c3ccccc3N(c3ccccc3)c3ccccc32)c2ccccc12.c1ccc(N2c3ccccc3C3(c4ccccc4-c4c(-c5ccc(N(c6ccccc6)c6ccccc6)c6ccccc56)cccc43)c3ccccc32)cc1.c1ccc(Nc2ccccc2)cc1. The molecule has 0 atom stereocenters. The third-order valence-corrected chi connectivity index (χ3v) is 23.2. The molecule has 18 aromatic carbocycles. The number of fused-ring (bicyclic) bond motifs is 20. The zero-order valence-corrected chi connectivity index (χ0v) is 61.5. The molecule has 0 saturated heterocycles. The predicted octanol–water partition coefficient (Wildman–Crippen LogP) is 29.5. The summed E-state index contributed by atoms with van der Waals surface area (Å²) in [5.41, 5.74) is 32.3. The van der Waals surface area contributed by atoms with E-state index in [0.717, 1.165) is 50.2 Å². The van der Waals surface area contributed by atoms with Crippen molar-refractivity contribution in [3.8, 4) is 44.5 Å². The predicted molar refractivity (Wildman–Crippen MR) is 472 cm³/mol. The van der Waals surface area contributed by atoms with Crippen LogP contribution in [0, 0.1) is 0 Å². The Morgan fingerprint density at radius 1 is 0.223 bits per heavy atom. The van der Waals surface area contributed by atoms with Crippen molar-refractivity contribution >= 4 is 95.7 Å². The number of para-hydroxylation sites is 10. The van der Waals surface area contributed by atoms with Crippen LogP contribution < -0.4 is 20.0 Å². The molecule has 4 nitrogen and oxygen atoms in total. The van der Waals surface area contributed by atoms with Gasteiger partial charge in [-0.3, -0.25) is 0 Å². The Kier molecular flexibility index (Phi) is 17.6. The molecule has 5 heteroatoms. The van der Waals surface area contributed by atoms with Gasteiger partial charge in [0.2, 0.25) is 0 Å². The summed E-state index contributed by atoms with van der Waals surface area (Å²) in [4.78, 5) is 7.24. The van der Waals surface area contributed by atoms with Crippen molar-refractivity contribution < 1.29 is 0 Å². The van der Waals surface area contributed by atoms with Gasteiger partial charge in [0.05, 0.1) is 39.3 Å². The second kappa shape index (κ2) is 28.8. The molecule has 532 valence electrons. The molecule has 2 spiro atoms. The molecular formula is C107H77ClN4. The first-order chi connectivity index (χ1) is 55.1. The van der Waals surface area contributed by atoms with E-state index in [2.05, 4.69) is 390 Å². The van der Waals surface area contributed by atoms with Crippen LogP contribution in [0.3, 0.4) is 0 Å². The Balaban J connectivity index is 0.000000131. The van der Waals surface area contributed by atoms with E-state index in [4.69, 9.17) is 11.6 Å². The van der Waals surface area contributed by atoms with Gasteiger partial charge >= 0.3 is 0 Å². The lowest BCUT2D eigenvalue weighted by molar-refractivity contribution is 0.753. The van der Waals surface area contributed by atoms with E-state index >= 15 is 0 Å². The van der Waals surface area contributed by atoms with E-state index in [9.17, 15) is 0 Å². The monoisotopic (exact) mass is 1450 g/mol. The van der Waals surface area contributed by atoms with Crippen LogP contribution in [0.15, 0.2) is 437 Å². The van der Waals surface area contributed by atoms with Crippen LogP contribution in [0.5, 0.6) is 0 Å². The van der Waals surface area contributed by atoms with E-state index in [1.54, 1.807) is 0 Å². The number of rotatable bonds is 9. The molecule has 0 aromatic heterocycles. The van der Waals surface area contributed by atoms with Gasteiger partial charge in [0.25, 0.3) is 0 Å². The van der Waals surface area contributed by atoms with Gasteiger partial charge in [-0.25, -0.2) is 0 Å². The van der Waals surface area contributed by atoms with Gasteiger partial charge in [-0.05, 0) is 209 Å². The molecule has 2 aliphatic carbocycles. The third-order valence-electron chi connectivity index (χ3n) is 22.8. The molecule has 2 aliphatic heterocycles. The topological polar surface area (TPSA) is 21.8 Å². The maximum Gasteiger partial charge on any atom is 0.0754 e. The summed E-state index contributed by atoms with van der Waals surface area (Å²) >= 11 is 6.70. The number of hydrogen-bond donors (Lipinski definition) is 1. The lowest BCUT2D eigenvalue weighted by atomic mass is 9.64. The van der Waals surface area contributed by atoms with Gasteiger partial charge in [-0.2, -0.15) is 0 Å². The Morgan fingerprint density at radius 3 is 0.929 bits per heavy atom. The van der Waals surface area contributed by atoms with Crippen molar-refractivity contribution in [2.45, 2.75) is 18.3 Å². The summed E-state index contributed by atoms with van der Waals surface area (Å²) in [5.74, 6) is 0. The number of halogens is 1. The molecular weight excluding hydrogens is 1380 g/mol. The van der Waals surface area contributed by atoms with Crippen molar-refractivity contribution in [2.75, 3.05) is 20.0 Å². The Morgan fingerprint density at radius 2 is 0.518 bits per heavy atom. The molecule has 4 aliphatic rings. The first-order valence-electron chi connectivity index (χ1n) is 38.1. The lowest BCUT2D eigenvalue weighted by Gasteiger charge is -2.45. The van der Waals surface area contributed by atoms with Crippen LogP contribution in [-0.2, 0) is 10.8 Å². The maximum absolute atomic E-state index is 6.70. The highest BCUT2D eigenvalue weighted by Gasteiger charge is 2.54. The van der Waals surface area contributed by atoms with Crippen LogP contribution in [-0.4, -0.2) is 0 Å². The quantitative estimate of drug-likeness (QED) is 0.155. The van der Waals surface area contributed by atoms with E-state index < -0.39 is 10.8 Å². The second-order valence-electron chi connectivity index (χ2n) is 28.6. The van der Waals surface area contributed by atoms with Gasteiger partial charge in [-0.1, -0.05) is 347 Å². The van der Waals surface area contributed by atoms with Gasteiger partial charge in [0.15, 0.2) is 0 Å². The number of nitrogens with zero attached hydrogens (tertiary/aromatic N) is 3. The fourth-order valence-corrected chi connectivity index (χ4v) is 18.7. The summed E-state index contributed by atoms with van der Waals surface area (Å²) in [6.07, 6.45) is 0. The Bertz CT molecular complexity index is 6350. The minimum Gasteiger partial charge on any atom is -0.356 e. The molecule has 0 bridgehead atoms. The zero-order valence-electron chi connectivity index (χ0n) is 60.8. The Hall–Kier alpha value is -14.0. The summed E-state index contributed by atoms with van der Waals surface area (Å²) in [7, 11) is 0. The minimum atomic E-state index is -0.506. The number of anilines is 11. The van der Waals surface area contributed by atoms with Crippen molar-refractivity contribution in [1.29, 1.82) is 0 Å². The summed E-state index contributed by atoms with van der Waals surface area (Å²) in [6.45, 7) is 0. The lowest BCUT2D eigenvalue weighted by Crippen LogP contribution is -2.36. The highest BCUT2D eigenvalue weighted by molar-refractivity contribution is 6.36. The maximum atomic E-state index is 6.70.